The van der Waals surface area contributed by atoms with Crippen molar-refractivity contribution in [1.82, 2.24) is 10.2 Å². The lowest BCUT2D eigenvalue weighted by atomic mass is 9.86. The molecule has 0 aliphatic carbocycles. The number of morpholine rings is 1. The van der Waals surface area contributed by atoms with Gasteiger partial charge in [-0.1, -0.05) is 0 Å². The third-order valence-electron chi connectivity index (χ3n) is 3.34. The van der Waals surface area contributed by atoms with Crippen LogP contribution < -0.4 is 5.32 Å². The Labute approximate surface area is 91.0 Å². The van der Waals surface area contributed by atoms with Crippen LogP contribution in [0.2, 0.25) is 0 Å². The smallest absolute Gasteiger partial charge is 0.249 e. The molecule has 2 heterocycles. The molecule has 2 aliphatic rings. The molecule has 1 unspecified atom stereocenters. The van der Waals surface area contributed by atoms with E-state index in [1.54, 1.807) is 0 Å². The number of ether oxygens (including phenoxy) is 1. The molecule has 4 nitrogen and oxygen atoms in total. The van der Waals surface area contributed by atoms with Gasteiger partial charge in [-0.15, -0.1) is 0 Å². The summed E-state index contributed by atoms with van der Waals surface area (Å²) < 4.78 is 5.42. The van der Waals surface area contributed by atoms with E-state index in [2.05, 4.69) is 19.2 Å². The standard InChI is InChI=1S/C11H20N2O2/c1-9(2)13-10(14)6-15-8-11(13)4-3-5-12-7-11/h9,12H,3-8H2,1-2H3. The van der Waals surface area contributed by atoms with Crippen LogP contribution in [0.3, 0.4) is 0 Å². The molecule has 0 radical (unpaired) electrons. The monoisotopic (exact) mass is 212 g/mol. The second-order valence-corrected chi connectivity index (χ2v) is 4.85. The fourth-order valence-electron chi connectivity index (χ4n) is 2.85. The van der Waals surface area contributed by atoms with Crippen LogP contribution >= 0.6 is 0 Å². The van der Waals surface area contributed by atoms with E-state index in [1.807, 2.05) is 4.90 Å². The van der Waals surface area contributed by atoms with E-state index in [4.69, 9.17) is 4.74 Å². The van der Waals surface area contributed by atoms with E-state index < -0.39 is 0 Å². The van der Waals surface area contributed by atoms with Gasteiger partial charge in [0, 0.05) is 12.6 Å². The molecule has 15 heavy (non-hydrogen) atoms. The molecule has 0 aromatic heterocycles. The Balaban J connectivity index is 2.21. The predicted molar refractivity (Wildman–Crippen MR) is 57.6 cm³/mol. The SMILES string of the molecule is CC(C)N1C(=O)COCC12CCCNC2. The minimum absolute atomic E-state index is 0.0816. The molecule has 0 aromatic carbocycles. The Kier molecular flexibility index (Phi) is 2.98. The molecule has 2 fully saturated rings. The summed E-state index contributed by atoms with van der Waals surface area (Å²) in [7, 11) is 0. The minimum atomic E-state index is -0.0816. The Morgan fingerprint density at radius 2 is 2.33 bits per heavy atom. The van der Waals surface area contributed by atoms with Crippen molar-refractivity contribution < 1.29 is 9.53 Å². The third-order valence-corrected chi connectivity index (χ3v) is 3.34. The molecular weight excluding hydrogens is 192 g/mol. The van der Waals surface area contributed by atoms with Crippen LogP contribution in [0.15, 0.2) is 0 Å². The zero-order chi connectivity index (χ0) is 10.9. The number of carbonyl (C=O) groups is 1. The van der Waals surface area contributed by atoms with Gasteiger partial charge >= 0.3 is 0 Å². The maximum absolute atomic E-state index is 11.9. The van der Waals surface area contributed by atoms with Crippen LogP contribution in [0.1, 0.15) is 26.7 Å². The van der Waals surface area contributed by atoms with Gasteiger partial charge in [-0.3, -0.25) is 4.79 Å². The Morgan fingerprint density at radius 3 is 2.93 bits per heavy atom. The summed E-state index contributed by atoms with van der Waals surface area (Å²) in [5, 5.41) is 3.38. The first-order valence-corrected chi connectivity index (χ1v) is 5.76. The van der Waals surface area contributed by atoms with Crippen molar-refractivity contribution >= 4 is 5.91 Å². The summed E-state index contributed by atoms with van der Waals surface area (Å²) >= 11 is 0. The first kappa shape index (κ1) is 10.9. The summed E-state index contributed by atoms with van der Waals surface area (Å²) in [5.74, 6) is 0.139. The second kappa shape index (κ2) is 4.10. The number of hydrogen-bond donors (Lipinski definition) is 1. The summed E-state index contributed by atoms with van der Waals surface area (Å²) in [6.45, 7) is 7.03. The van der Waals surface area contributed by atoms with Crippen molar-refractivity contribution in [3.8, 4) is 0 Å². The summed E-state index contributed by atoms with van der Waals surface area (Å²) in [6, 6.07) is 0.265. The van der Waals surface area contributed by atoms with Crippen molar-refractivity contribution in [2.24, 2.45) is 0 Å². The van der Waals surface area contributed by atoms with Gasteiger partial charge in [0.15, 0.2) is 0 Å². The highest BCUT2D eigenvalue weighted by Gasteiger charge is 2.45. The van der Waals surface area contributed by atoms with E-state index in [0.717, 1.165) is 25.9 Å². The Hall–Kier alpha value is -0.610. The lowest BCUT2D eigenvalue weighted by molar-refractivity contribution is -0.163. The largest absolute Gasteiger partial charge is 0.369 e. The van der Waals surface area contributed by atoms with E-state index in [-0.39, 0.29) is 24.1 Å². The molecule has 2 saturated heterocycles. The van der Waals surface area contributed by atoms with Crippen LogP contribution in [0.25, 0.3) is 0 Å². The van der Waals surface area contributed by atoms with Crippen molar-refractivity contribution in [2.45, 2.75) is 38.3 Å². The van der Waals surface area contributed by atoms with Crippen LogP contribution in [-0.4, -0.2) is 48.7 Å². The van der Waals surface area contributed by atoms with Crippen LogP contribution in [0.5, 0.6) is 0 Å². The van der Waals surface area contributed by atoms with E-state index in [1.165, 1.54) is 0 Å². The number of nitrogens with zero attached hydrogens (tertiary/aromatic N) is 1. The fraction of sp³-hybridized carbons (Fsp3) is 0.909. The van der Waals surface area contributed by atoms with E-state index >= 15 is 0 Å². The lowest BCUT2D eigenvalue weighted by Gasteiger charge is -2.51. The number of rotatable bonds is 1. The Bertz CT molecular complexity index is 241. The molecule has 0 saturated carbocycles. The van der Waals surface area contributed by atoms with Crippen LogP contribution in [0, 0.1) is 0 Å². The van der Waals surface area contributed by atoms with Gasteiger partial charge in [-0.2, -0.15) is 0 Å². The highest BCUT2D eigenvalue weighted by Crippen LogP contribution is 2.29. The van der Waals surface area contributed by atoms with Gasteiger partial charge in [-0.05, 0) is 33.2 Å². The molecule has 1 N–H and O–H groups in total. The average Bonchev–Trinajstić information content (AvgIpc) is 2.18. The molecule has 2 aliphatic heterocycles. The highest BCUT2D eigenvalue weighted by molar-refractivity contribution is 5.79. The van der Waals surface area contributed by atoms with Gasteiger partial charge in [0.2, 0.25) is 5.91 Å². The highest BCUT2D eigenvalue weighted by atomic mass is 16.5. The summed E-state index contributed by atoms with van der Waals surface area (Å²) in [6.07, 6.45) is 2.18. The third kappa shape index (κ3) is 1.88. The van der Waals surface area contributed by atoms with Gasteiger partial charge in [0.25, 0.3) is 0 Å². The molecule has 2 rings (SSSR count). The second-order valence-electron chi connectivity index (χ2n) is 4.85. The molecule has 86 valence electrons. The Morgan fingerprint density at radius 1 is 1.53 bits per heavy atom. The number of carbonyl (C=O) groups excluding carboxylic acids is 1. The zero-order valence-electron chi connectivity index (χ0n) is 9.58. The number of hydrogen-bond acceptors (Lipinski definition) is 3. The van der Waals surface area contributed by atoms with E-state index in [0.29, 0.717) is 6.61 Å². The van der Waals surface area contributed by atoms with Crippen molar-refractivity contribution in [1.29, 1.82) is 0 Å². The van der Waals surface area contributed by atoms with Gasteiger partial charge in [0.05, 0.1) is 12.1 Å². The number of nitrogens with one attached hydrogen (secondary N) is 1. The minimum Gasteiger partial charge on any atom is -0.369 e. The predicted octanol–water partition coefficient (Wildman–Crippen LogP) is 0.376. The first-order chi connectivity index (χ1) is 7.16. The first-order valence-electron chi connectivity index (χ1n) is 5.76. The molecule has 0 aromatic rings. The molecule has 4 heteroatoms. The molecule has 1 atom stereocenters. The number of amides is 1. The maximum atomic E-state index is 11.9. The topological polar surface area (TPSA) is 41.6 Å². The molecule has 0 bridgehead atoms. The normalized spacial score (nSPS) is 32.7. The molecular formula is C11H20N2O2. The fourth-order valence-corrected chi connectivity index (χ4v) is 2.85. The van der Waals surface area contributed by atoms with Crippen molar-refractivity contribution in [3.63, 3.8) is 0 Å². The zero-order valence-corrected chi connectivity index (χ0v) is 9.58. The van der Waals surface area contributed by atoms with Crippen molar-refractivity contribution in [2.75, 3.05) is 26.3 Å². The number of piperidine rings is 1. The van der Waals surface area contributed by atoms with Gasteiger partial charge in [-0.25, -0.2) is 0 Å². The summed E-state index contributed by atoms with van der Waals surface area (Å²) in [5.41, 5.74) is -0.0816. The van der Waals surface area contributed by atoms with Crippen LogP contribution in [0.4, 0.5) is 0 Å². The van der Waals surface area contributed by atoms with E-state index in [9.17, 15) is 4.79 Å². The van der Waals surface area contributed by atoms with Crippen LogP contribution in [-0.2, 0) is 9.53 Å². The lowest BCUT2D eigenvalue weighted by Crippen LogP contribution is -2.67. The quantitative estimate of drug-likeness (QED) is 0.683. The van der Waals surface area contributed by atoms with Gasteiger partial charge in [0.1, 0.15) is 6.61 Å². The average molecular weight is 212 g/mol. The molecule has 1 amide bonds. The molecule has 1 spiro atoms. The van der Waals surface area contributed by atoms with Crippen molar-refractivity contribution in [3.05, 3.63) is 0 Å². The maximum Gasteiger partial charge on any atom is 0.249 e. The van der Waals surface area contributed by atoms with Gasteiger partial charge < -0.3 is 15.0 Å². The summed E-state index contributed by atoms with van der Waals surface area (Å²) in [4.78, 5) is 13.9.